The van der Waals surface area contributed by atoms with Crippen LogP contribution in [0.4, 0.5) is 0 Å². The van der Waals surface area contributed by atoms with E-state index in [0.29, 0.717) is 6.42 Å². The van der Waals surface area contributed by atoms with E-state index >= 15 is 0 Å². The van der Waals surface area contributed by atoms with Crippen LogP contribution in [0.3, 0.4) is 0 Å². The lowest BCUT2D eigenvalue weighted by molar-refractivity contribution is -0.107. The normalized spacial score (nSPS) is 11.4. The zero-order valence-corrected chi connectivity index (χ0v) is 12.4. The molecule has 0 aromatic heterocycles. The van der Waals surface area contributed by atoms with E-state index in [9.17, 15) is 4.79 Å². The summed E-state index contributed by atoms with van der Waals surface area (Å²) in [5.74, 6) is 0.905. The first-order valence-corrected chi connectivity index (χ1v) is 6.50. The molecule has 0 atom stereocenters. The van der Waals surface area contributed by atoms with Crippen LogP contribution in [-0.2, 0) is 16.6 Å². The van der Waals surface area contributed by atoms with Crippen LogP contribution in [0.2, 0.25) is 0 Å². The van der Waals surface area contributed by atoms with Gasteiger partial charge in [-0.3, -0.25) is 0 Å². The van der Waals surface area contributed by atoms with Crippen molar-refractivity contribution in [2.75, 3.05) is 7.11 Å². The minimum absolute atomic E-state index is 0.0189. The number of benzene rings is 1. The quantitative estimate of drug-likeness (QED) is 0.789. The zero-order chi connectivity index (χ0) is 13.1. The summed E-state index contributed by atoms with van der Waals surface area (Å²) in [4.78, 5) is 10.5. The second-order valence-electron chi connectivity index (χ2n) is 5.10. The molecule has 2 nitrogen and oxygen atoms in total. The Labute approximate surface area is 111 Å². The molecule has 1 aromatic rings. The molecule has 0 unspecified atom stereocenters. The molecule has 17 heavy (non-hydrogen) atoms. The summed E-state index contributed by atoms with van der Waals surface area (Å²) in [5, 5.41) is 0. The van der Waals surface area contributed by atoms with Crippen LogP contribution in [-0.4, -0.2) is 13.4 Å². The summed E-state index contributed by atoms with van der Waals surface area (Å²) in [5.41, 5.74) is 2.26. The van der Waals surface area contributed by atoms with E-state index in [1.54, 1.807) is 7.11 Å². The van der Waals surface area contributed by atoms with Gasteiger partial charge in [-0.2, -0.15) is 0 Å². The Morgan fingerprint density at radius 1 is 1.35 bits per heavy atom. The maximum absolute atomic E-state index is 10.5. The van der Waals surface area contributed by atoms with Gasteiger partial charge in [0.15, 0.2) is 0 Å². The van der Waals surface area contributed by atoms with Gasteiger partial charge in [0.05, 0.1) is 7.11 Å². The fourth-order valence-corrected chi connectivity index (χ4v) is 2.35. The van der Waals surface area contributed by atoms with Crippen LogP contribution < -0.4 is 4.74 Å². The third kappa shape index (κ3) is 3.56. The molecule has 1 rings (SSSR count). The minimum atomic E-state index is 0.0189. The SMILES string of the molecule is COc1c(CCC=O)cc(Br)cc1C(C)(C)C. The van der Waals surface area contributed by atoms with Gasteiger partial charge < -0.3 is 9.53 Å². The summed E-state index contributed by atoms with van der Waals surface area (Å²) >= 11 is 3.52. The van der Waals surface area contributed by atoms with Crippen LogP contribution in [0.5, 0.6) is 5.75 Å². The number of ether oxygens (including phenoxy) is 1. The topological polar surface area (TPSA) is 26.3 Å². The predicted molar refractivity (Wildman–Crippen MR) is 73.8 cm³/mol. The molecule has 0 saturated heterocycles. The van der Waals surface area contributed by atoms with E-state index < -0.39 is 0 Å². The summed E-state index contributed by atoms with van der Waals surface area (Å²) < 4.78 is 6.55. The summed E-state index contributed by atoms with van der Waals surface area (Å²) in [6.45, 7) is 6.46. The van der Waals surface area contributed by atoms with Crippen molar-refractivity contribution in [2.45, 2.75) is 39.0 Å². The van der Waals surface area contributed by atoms with Crippen molar-refractivity contribution in [3.8, 4) is 5.75 Å². The molecule has 0 fully saturated rings. The molecule has 0 amide bonds. The van der Waals surface area contributed by atoms with Crippen molar-refractivity contribution in [1.82, 2.24) is 0 Å². The third-order valence-electron chi connectivity index (χ3n) is 2.67. The average molecular weight is 299 g/mol. The highest BCUT2D eigenvalue weighted by Gasteiger charge is 2.21. The maximum Gasteiger partial charge on any atom is 0.125 e. The number of aldehydes is 1. The van der Waals surface area contributed by atoms with Crippen LogP contribution in [0, 0.1) is 0 Å². The molecule has 94 valence electrons. The number of methoxy groups -OCH3 is 1. The number of hydrogen-bond donors (Lipinski definition) is 0. The van der Waals surface area contributed by atoms with Gasteiger partial charge in [0.1, 0.15) is 12.0 Å². The van der Waals surface area contributed by atoms with Crippen LogP contribution in [0.25, 0.3) is 0 Å². The number of carbonyl (C=O) groups is 1. The lowest BCUT2D eigenvalue weighted by atomic mass is 9.84. The lowest BCUT2D eigenvalue weighted by Gasteiger charge is -2.24. The van der Waals surface area contributed by atoms with Gasteiger partial charge in [-0.1, -0.05) is 36.7 Å². The molecule has 0 N–H and O–H groups in total. The second kappa shape index (κ2) is 5.67. The van der Waals surface area contributed by atoms with Gasteiger partial charge >= 0.3 is 0 Å². The number of halogens is 1. The van der Waals surface area contributed by atoms with E-state index in [4.69, 9.17) is 4.74 Å². The van der Waals surface area contributed by atoms with Gasteiger partial charge in [-0.25, -0.2) is 0 Å². The Balaban J connectivity index is 3.30. The van der Waals surface area contributed by atoms with Gasteiger partial charge in [0.25, 0.3) is 0 Å². The molecule has 0 aliphatic heterocycles. The number of aryl methyl sites for hydroxylation is 1. The fraction of sp³-hybridized carbons (Fsp3) is 0.500. The van der Waals surface area contributed by atoms with Crippen molar-refractivity contribution in [1.29, 1.82) is 0 Å². The molecule has 0 saturated carbocycles. The molecule has 0 spiro atoms. The van der Waals surface area contributed by atoms with Gasteiger partial charge in [-0.05, 0) is 29.5 Å². The molecule has 0 bridgehead atoms. The molecular formula is C14H19BrO2. The smallest absolute Gasteiger partial charge is 0.125 e. The van der Waals surface area contributed by atoms with Crippen molar-refractivity contribution >= 4 is 22.2 Å². The number of carbonyl (C=O) groups excluding carboxylic acids is 1. The van der Waals surface area contributed by atoms with E-state index in [1.807, 2.05) is 6.07 Å². The highest BCUT2D eigenvalue weighted by atomic mass is 79.9. The summed E-state index contributed by atoms with van der Waals surface area (Å²) in [6.07, 6.45) is 2.18. The molecule has 1 aromatic carbocycles. The van der Waals surface area contributed by atoms with Crippen molar-refractivity contribution < 1.29 is 9.53 Å². The zero-order valence-electron chi connectivity index (χ0n) is 10.8. The summed E-state index contributed by atoms with van der Waals surface area (Å²) in [6, 6.07) is 4.11. The standard InChI is InChI=1S/C14H19BrO2/c1-14(2,3)12-9-11(15)8-10(6-5-7-16)13(12)17-4/h7-9H,5-6H2,1-4H3. The lowest BCUT2D eigenvalue weighted by Crippen LogP contribution is -2.14. The van der Waals surface area contributed by atoms with Crippen LogP contribution >= 0.6 is 15.9 Å². The van der Waals surface area contributed by atoms with E-state index in [2.05, 4.69) is 42.8 Å². The third-order valence-corrected chi connectivity index (χ3v) is 3.13. The molecule has 3 heteroatoms. The molecule has 0 heterocycles. The molecular weight excluding hydrogens is 280 g/mol. The van der Waals surface area contributed by atoms with E-state index in [-0.39, 0.29) is 5.41 Å². The first kappa shape index (κ1) is 14.2. The van der Waals surface area contributed by atoms with Crippen molar-refractivity contribution in [2.24, 2.45) is 0 Å². The Morgan fingerprint density at radius 2 is 2.00 bits per heavy atom. The first-order chi connectivity index (χ1) is 7.90. The molecule has 0 aliphatic rings. The second-order valence-corrected chi connectivity index (χ2v) is 6.02. The monoisotopic (exact) mass is 298 g/mol. The molecule has 0 aliphatic carbocycles. The van der Waals surface area contributed by atoms with E-state index in [0.717, 1.165) is 34.1 Å². The summed E-state index contributed by atoms with van der Waals surface area (Å²) in [7, 11) is 1.68. The first-order valence-electron chi connectivity index (χ1n) is 5.70. The Kier molecular flexibility index (Phi) is 4.75. The predicted octanol–water partition coefficient (Wildman–Crippen LogP) is 3.89. The Hall–Kier alpha value is -0.830. The highest BCUT2D eigenvalue weighted by molar-refractivity contribution is 9.10. The maximum atomic E-state index is 10.5. The largest absolute Gasteiger partial charge is 0.496 e. The van der Waals surface area contributed by atoms with Gasteiger partial charge in [0.2, 0.25) is 0 Å². The Morgan fingerprint density at radius 3 is 2.47 bits per heavy atom. The van der Waals surface area contributed by atoms with Crippen LogP contribution in [0.1, 0.15) is 38.3 Å². The van der Waals surface area contributed by atoms with Crippen molar-refractivity contribution in [3.63, 3.8) is 0 Å². The highest BCUT2D eigenvalue weighted by Crippen LogP contribution is 2.37. The van der Waals surface area contributed by atoms with Gasteiger partial charge in [-0.15, -0.1) is 0 Å². The number of hydrogen-bond acceptors (Lipinski definition) is 2. The van der Waals surface area contributed by atoms with Gasteiger partial charge in [0, 0.05) is 16.5 Å². The minimum Gasteiger partial charge on any atom is -0.496 e. The Bertz CT molecular complexity index is 405. The number of rotatable bonds is 4. The fourth-order valence-electron chi connectivity index (χ4n) is 1.85. The average Bonchev–Trinajstić information content (AvgIpc) is 2.24. The molecule has 0 radical (unpaired) electrons. The van der Waals surface area contributed by atoms with Crippen LogP contribution in [0.15, 0.2) is 16.6 Å². The van der Waals surface area contributed by atoms with Crippen molar-refractivity contribution in [3.05, 3.63) is 27.7 Å². The van der Waals surface area contributed by atoms with E-state index in [1.165, 1.54) is 0 Å².